The van der Waals surface area contributed by atoms with Gasteiger partial charge in [-0.3, -0.25) is 0 Å². The summed E-state index contributed by atoms with van der Waals surface area (Å²) in [6.45, 7) is 2.05. The Hall–Kier alpha value is -1.09. The first kappa shape index (κ1) is 8.51. The zero-order chi connectivity index (χ0) is 9.26. The zero-order valence-electron chi connectivity index (χ0n) is 7.21. The van der Waals surface area contributed by atoms with Gasteiger partial charge in [0, 0.05) is 6.20 Å². The van der Waals surface area contributed by atoms with Crippen LogP contribution in [0, 0.1) is 6.33 Å². The topological polar surface area (TPSA) is 41.6 Å². The summed E-state index contributed by atoms with van der Waals surface area (Å²) in [7, 11) is 0. The number of nitrogens with zero attached hydrogens (tertiary/aromatic N) is 2. The van der Waals surface area contributed by atoms with E-state index in [4.69, 9.17) is 11.6 Å². The summed E-state index contributed by atoms with van der Waals surface area (Å²) >= 11 is 6.14. The fraction of sp³-hybridized carbons (Fsp3) is 0.333. The van der Waals surface area contributed by atoms with Gasteiger partial charge in [-0.15, -0.1) is 11.6 Å². The second kappa shape index (κ2) is 3.34. The fourth-order valence-electron chi connectivity index (χ4n) is 1.30. The Morgan fingerprint density at radius 3 is 3.31 bits per heavy atom. The summed E-state index contributed by atoms with van der Waals surface area (Å²) < 4.78 is 0. The third-order valence-corrected chi connectivity index (χ3v) is 2.55. The van der Waals surface area contributed by atoms with E-state index in [1.807, 2.05) is 13.0 Å². The molecular weight excluding hydrogens is 186 g/mol. The summed E-state index contributed by atoms with van der Waals surface area (Å²) in [5, 5.41) is 0.0133. The van der Waals surface area contributed by atoms with E-state index < -0.39 is 0 Å². The van der Waals surface area contributed by atoms with Crippen LogP contribution in [0.2, 0.25) is 0 Å². The van der Waals surface area contributed by atoms with E-state index >= 15 is 0 Å². The molecule has 0 fully saturated rings. The Balaban J connectivity index is 2.60. The number of alkyl halides is 1. The molecule has 0 amide bonds. The van der Waals surface area contributed by atoms with Crippen LogP contribution in [0.4, 0.5) is 0 Å². The summed E-state index contributed by atoms with van der Waals surface area (Å²) in [4.78, 5) is 11.0. The normalized spacial score (nSPS) is 13.4. The van der Waals surface area contributed by atoms with Gasteiger partial charge in [0.1, 0.15) is 0 Å². The van der Waals surface area contributed by atoms with Gasteiger partial charge in [-0.2, -0.15) is 0 Å². The maximum Gasteiger partial charge on any atom is 0.178 e. The number of aromatic amines is 1. The van der Waals surface area contributed by atoms with E-state index in [0.717, 1.165) is 17.5 Å². The van der Waals surface area contributed by atoms with Gasteiger partial charge >= 0.3 is 0 Å². The van der Waals surface area contributed by atoms with Gasteiger partial charge in [0.15, 0.2) is 12.0 Å². The van der Waals surface area contributed by atoms with E-state index in [1.54, 1.807) is 6.20 Å². The lowest BCUT2D eigenvalue weighted by Gasteiger charge is -2.06. The molecule has 0 aliphatic rings. The first-order valence-corrected chi connectivity index (χ1v) is 4.61. The average Bonchev–Trinajstić information content (AvgIpc) is 2.63. The van der Waals surface area contributed by atoms with Crippen LogP contribution in [0.5, 0.6) is 0 Å². The SMILES string of the molecule is CCC(Cl)c1ccnc2n[c][nH]c12. The molecule has 0 aliphatic carbocycles. The minimum absolute atomic E-state index is 0.0133. The summed E-state index contributed by atoms with van der Waals surface area (Å²) in [6, 6.07) is 1.91. The molecule has 13 heavy (non-hydrogen) atoms. The Bertz CT molecular complexity index is 410. The second-order valence-corrected chi connectivity index (χ2v) is 3.35. The van der Waals surface area contributed by atoms with Crippen molar-refractivity contribution < 1.29 is 0 Å². The van der Waals surface area contributed by atoms with E-state index in [2.05, 4.69) is 21.3 Å². The van der Waals surface area contributed by atoms with Crippen LogP contribution in [0.3, 0.4) is 0 Å². The van der Waals surface area contributed by atoms with Crippen molar-refractivity contribution in [3.05, 3.63) is 24.2 Å². The number of rotatable bonds is 2. The van der Waals surface area contributed by atoms with Gasteiger partial charge in [-0.05, 0) is 18.1 Å². The lowest BCUT2D eigenvalue weighted by atomic mass is 10.1. The van der Waals surface area contributed by atoms with Gasteiger partial charge in [-0.25, -0.2) is 9.97 Å². The molecule has 1 radical (unpaired) electrons. The molecule has 0 aromatic carbocycles. The Kier molecular flexibility index (Phi) is 2.19. The smallest absolute Gasteiger partial charge is 0.178 e. The maximum absolute atomic E-state index is 6.14. The molecule has 1 N–H and O–H groups in total. The van der Waals surface area contributed by atoms with Crippen LogP contribution in [0.1, 0.15) is 24.3 Å². The number of imidazole rings is 1. The number of H-pyrrole nitrogens is 1. The minimum Gasteiger partial charge on any atom is -0.334 e. The summed E-state index contributed by atoms with van der Waals surface area (Å²) in [5.41, 5.74) is 2.61. The van der Waals surface area contributed by atoms with Crippen molar-refractivity contribution >= 4 is 22.8 Å². The van der Waals surface area contributed by atoms with Crippen LogP contribution in [0.15, 0.2) is 12.3 Å². The zero-order valence-corrected chi connectivity index (χ0v) is 7.97. The first-order chi connectivity index (χ1) is 6.33. The molecule has 2 aromatic rings. The Labute approximate surface area is 81.2 Å². The fourth-order valence-corrected chi connectivity index (χ4v) is 1.48. The van der Waals surface area contributed by atoms with Gasteiger partial charge in [0.05, 0.1) is 10.9 Å². The number of halogens is 1. The van der Waals surface area contributed by atoms with E-state index in [-0.39, 0.29) is 5.38 Å². The van der Waals surface area contributed by atoms with Gasteiger partial charge in [0.25, 0.3) is 0 Å². The average molecular weight is 195 g/mol. The molecule has 0 saturated carbocycles. The van der Waals surface area contributed by atoms with Crippen molar-refractivity contribution in [3.8, 4) is 0 Å². The van der Waals surface area contributed by atoms with Crippen molar-refractivity contribution in [1.29, 1.82) is 0 Å². The predicted octanol–water partition coefficient (Wildman–Crippen LogP) is 2.45. The number of hydrogen-bond acceptors (Lipinski definition) is 2. The number of pyridine rings is 1. The van der Waals surface area contributed by atoms with Gasteiger partial charge in [-0.1, -0.05) is 6.92 Å². The van der Waals surface area contributed by atoms with Crippen molar-refractivity contribution in [2.45, 2.75) is 18.7 Å². The Morgan fingerprint density at radius 1 is 1.69 bits per heavy atom. The van der Waals surface area contributed by atoms with Crippen LogP contribution in [-0.2, 0) is 0 Å². The molecule has 0 aliphatic heterocycles. The standard InChI is InChI=1S/C9H9ClN3/c1-2-7(10)6-3-4-11-9-8(6)12-5-13-9/h3-4,7H,2H2,1H3,(H,11,12,13). The highest BCUT2D eigenvalue weighted by Gasteiger charge is 2.10. The highest BCUT2D eigenvalue weighted by molar-refractivity contribution is 6.21. The van der Waals surface area contributed by atoms with Crippen molar-refractivity contribution in [2.24, 2.45) is 0 Å². The molecule has 3 nitrogen and oxygen atoms in total. The molecule has 0 bridgehead atoms. The molecule has 4 heteroatoms. The molecule has 2 aromatic heterocycles. The number of hydrogen-bond donors (Lipinski definition) is 1. The van der Waals surface area contributed by atoms with Crippen LogP contribution >= 0.6 is 11.6 Å². The quantitative estimate of drug-likeness (QED) is 0.747. The monoisotopic (exact) mass is 194 g/mol. The van der Waals surface area contributed by atoms with Gasteiger partial charge in [0.2, 0.25) is 0 Å². The molecule has 0 saturated heterocycles. The maximum atomic E-state index is 6.14. The van der Waals surface area contributed by atoms with Crippen LogP contribution < -0.4 is 0 Å². The van der Waals surface area contributed by atoms with Crippen LogP contribution in [0.25, 0.3) is 11.2 Å². The first-order valence-electron chi connectivity index (χ1n) is 4.17. The molecule has 0 spiro atoms. The summed E-state index contributed by atoms with van der Waals surface area (Å²) in [5.74, 6) is 0. The molecule has 67 valence electrons. The lowest BCUT2D eigenvalue weighted by molar-refractivity contribution is 0.887. The van der Waals surface area contributed by atoms with Crippen LogP contribution in [-0.4, -0.2) is 15.0 Å². The molecule has 1 unspecified atom stereocenters. The second-order valence-electron chi connectivity index (χ2n) is 2.82. The van der Waals surface area contributed by atoms with Crippen molar-refractivity contribution in [3.63, 3.8) is 0 Å². The highest BCUT2D eigenvalue weighted by atomic mass is 35.5. The molecule has 2 heterocycles. The van der Waals surface area contributed by atoms with Crippen molar-refractivity contribution in [2.75, 3.05) is 0 Å². The number of aromatic nitrogens is 3. The molecule has 1 atom stereocenters. The largest absolute Gasteiger partial charge is 0.334 e. The molecular formula is C9H9ClN3. The van der Waals surface area contributed by atoms with Crippen molar-refractivity contribution in [1.82, 2.24) is 15.0 Å². The Morgan fingerprint density at radius 2 is 2.54 bits per heavy atom. The predicted molar refractivity (Wildman–Crippen MR) is 51.6 cm³/mol. The van der Waals surface area contributed by atoms with E-state index in [1.165, 1.54) is 0 Å². The van der Waals surface area contributed by atoms with Gasteiger partial charge < -0.3 is 4.98 Å². The summed E-state index contributed by atoms with van der Waals surface area (Å²) in [6.07, 6.45) is 5.27. The van der Waals surface area contributed by atoms with E-state index in [0.29, 0.717) is 5.65 Å². The highest BCUT2D eigenvalue weighted by Crippen LogP contribution is 2.27. The lowest BCUT2D eigenvalue weighted by Crippen LogP contribution is -1.91. The minimum atomic E-state index is 0.0133. The number of nitrogens with one attached hydrogen (secondary N) is 1. The third-order valence-electron chi connectivity index (χ3n) is 2.00. The molecule has 2 rings (SSSR count). The van der Waals surface area contributed by atoms with E-state index in [9.17, 15) is 0 Å². The third kappa shape index (κ3) is 1.40. The number of fused-ring (bicyclic) bond motifs is 1.